The molecule has 5 nitrogen and oxygen atoms in total. The normalized spacial score (nSPS) is 15.7. The van der Waals surface area contributed by atoms with E-state index in [0.717, 1.165) is 24.0 Å². The lowest BCUT2D eigenvalue weighted by Gasteiger charge is -2.24. The molecular weight excluding hydrogens is 340 g/mol. The molecule has 1 fully saturated rings. The number of nitrogens with zero attached hydrogens (tertiary/aromatic N) is 2. The van der Waals surface area contributed by atoms with Gasteiger partial charge in [0, 0.05) is 25.0 Å². The molecule has 1 saturated carbocycles. The fraction of sp³-hybridized carbons (Fsp3) is 0.368. The Morgan fingerprint density at radius 2 is 1.92 bits per heavy atom. The van der Waals surface area contributed by atoms with Gasteiger partial charge in [0.25, 0.3) is 0 Å². The van der Waals surface area contributed by atoms with E-state index in [1.165, 1.54) is 0 Å². The summed E-state index contributed by atoms with van der Waals surface area (Å²) in [6.45, 7) is 1.60. The van der Waals surface area contributed by atoms with Gasteiger partial charge in [-0.15, -0.1) is 0 Å². The van der Waals surface area contributed by atoms with Gasteiger partial charge in [0.05, 0.1) is 11.4 Å². The number of fused-ring (bicyclic) bond motifs is 1. The Kier molecular flexibility index (Phi) is 4.49. The highest BCUT2D eigenvalue weighted by Gasteiger charge is 2.32. The summed E-state index contributed by atoms with van der Waals surface area (Å²) in [6.07, 6.45) is 5.95. The molecule has 130 valence electrons. The maximum atomic E-state index is 12.9. The molecule has 6 heteroatoms. The van der Waals surface area contributed by atoms with Crippen LogP contribution in [0.5, 0.6) is 11.5 Å². The zero-order valence-corrected chi connectivity index (χ0v) is 14.5. The molecule has 1 aromatic carbocycles. The van der Waals surface area contributed by atoms with Crippen molar-refractivity contribution in [3.05, 3.63) is 52.8 Å². The van der Waals surface area contributed by atoms with Gasteiger partial charge in [-0.1, -0.05) is 11.6 Å². The monoisotopic (exact) mass is 358 g/mol. The van der Waals surface area contributed by atoms with E-state index in [1.807, 2.05) is 23.1 Å². The second-order valence-electron chi connectivity index (χ2n) is 6.39. The van der Waals surface area contributed by atoms with Crippen LogP contribution in [0.2, 0.25) is 5.02 Å². The van der Waals surface area contributed by atoms with Crippen LogP contribution in [0.15, 0.2) is 36.7 Å². The Morgan fingerprint density at radius 3 is 2.68 bits per heavy atom. The number of pyridine rings is 1. The van der Waals surface area contributed by atoms with Crippen LogP contribution in [0.1, 0.15) is 24.0 Å². The van der Waals surface area contributed by atoms with E-state index in [1.54, 1.807) is 18.5 Å². The molecule has 0 N–H and O–H groups in total. The molecule has 2 heterocycles. The molecule has 2 aromatic rings. The molecule has 2 aliphatic rings. The summed E-state index contributed by atoms with van der Waals surface area (Å²) in [6, 6.07) is 7.89. The minimum atomic E-state index is 0.104. The van der Waals surface area contributed by atoms with Crippen molar-refractivity contribution in [1.29, 1.82) is 0 Å². The molecule has 1 amide bonds. The van der Waals surface area contributed by atoms with E-state index in [-0.39, 0.29) is 5.91 Å². The van der Waals surface area contributed by atoms with Crippen LogP contribution in [0, 0.1) is 0 Å². The molecule has 1 aliphatic carbocycles. The second-order valence-corrected chi connectivity index (χ2v) is 6.79. The maximum absolute atomic E-state index is 12.9. The summed E-state index contributed by atoms with van der Waals surface area (Å²) in [7, 11) is 0. The van der Waals surface area contributed by atoms with Crippen molar-refractivity contribution in [1.82, 2.24) is 9.88 Å². The van der Waals surface area contributed by atoms with Gasteiger partial charge in [0.1, 0.15) is 13.2 Å². The first-order valence-corrected chi connectivity index (χ1v) is 8.85. The highest BCUT2D eigenvalue weighted by atomic mass is 35.5. The molecule has 1 aliphatic heterocycles. The molecule has 0 bridgehead atoms. The van der Waals surface area contributed by atoms with Crippen molar-refractivity contribution in [2.45, 2.75) is 31.8 Å². The number of carbonyl (C=O) groups is 1. The summed E-state index contributed by atoms with van der Waals surface area (Å²) < 4.78 is 11.1. The fourth-order valence-electron chi connectivity index (χ4n) is 3.03. The smallest absolute Gasteiger partial charge is 0.227 e. The van der Waals surface area contributed by atoms with Crippen LogP contribution in [-0.2, 0) is 17.8 Å². The number of halogens is 1. The quantitative estimate of drug-likeness (QED) is 0.823. The lowest BCUT2D eigenvalue weighted by Crippen LogP contribution is -2.33. The van der Waals surface area contributed by atoms with Crippen LogP contribution in [-0.4, -0.2) is 35.0 Å². The Labute approximate surface area is 151 Å². The van der Waals surface area contributed by atoms with Gasteiger partial charge in [0.15, 0.2) is 11.5 Å². The van der Waals surface area contributed by atoms with Crippen LogP contribution < -0.4 is 9.47 Å². The number of amides is 1. The van der Waals surface area contributed by atoms with Crippen molar-refractivity contribution < 1.29 is 14.3 Å². The minimum Gasteiger partial charge on any atom is -0.486 e. The average Bonchev–Trinajstić information content (AvgIpc) is 3.45. The predicted octanol–water partition coefficient (Wildman–Crippen LogP) is 3.24. The van der Waals surface area contributed by atoms with Crippen LogP contribution >= 0.6 is 11.6 Å². The van der Waals surface area contributed by atoms with E-state index < -0.39 is 0 Å². The van der Waals surface area contributed by atoms with E-state index in [2.05, 4.69) is 4.98 Å². The number of carbonyl (C=O) groups excluding carboxylic acids is 1. The number of aromatic nitrogens is 1. The lowest BCUT2D eigenvalue weighted by molar-refractivity contribution is -0.131. The topological polar surface area (TPSA) is 51.7 Å². The van der Waals surface area contributed by atoms with Crippen LogP contribution in [0.25, 0.3) is 0 Å². The zero-order valence-electron chi connectivity index (χ0n) is 13.8. The number of benzene rings is 1. The van der Waals surface area contributed by atoms with Gasteiger partial charge >= 0.3 is 0 Å². The Morgan fingerprint density at radius 1 is 1.16 bits per heavy atom. The molecule has 0 radical (unpaired) electrons. The lowest BCUT2D eigenvalue weighted by atomic mass is 10.1. The van der Waals surface area contributed by atoms with Gasteiger partial charge in [-0.05, 0) is 48.2 Å². The molecular formula is C19H19ClN2O3. The number of hydrogen-bond donors (Lipinski definition) is 0. The van der Waals surface area contributed by atoms with Crippen molar-refractivity contribution in [3.63, 3.8) is 0 Å². The molecule has 0 atom stereocenters. The average molecular weight is 359 g/mol. The summed E-state index contributed by atoms with van der Waals surface area (Å²) in [5, 5.41) is 0.493. The van der Waals surface area contributed by atoms with E-state index in [9.17, 15) is 4.79 Å². The number of rotatable bonds is 5. The first-order chi connectivity index (χ1) is 12.2. The van der Waals surface area contributed by atoms with Gasteiger partial charge < -0.3 is 14.4 Å². The summed E-state index contributed by atoms with van der Waals surface area (Å²) >= 11 is 6.28. The molecule has 4 rings (SSSR count). The van der Waals surface area contributed by atoms with Crippen molar-refractivity contribution in [2.24, 2.45) is 0 Å². The third-order valence-electron chi connectivity index (χ3n) is 4.42. The summed E-state index contributed by atoms with van der Waals surface area (Å²) in [5.74, 6) is 1.29. The molecule has 0 saturated heterocycles. The van der Waals surface area contributed by atoms with E-state index in [4.69, 9.17) is 21.1 Å². The van der Waals surface area contributed by atoms with Crippen LogP contribution in [0.3, 0.4) is 0 Å². The van der Waals surface area contributed by atoms with Gasteiger partial charge in [-0.3, -0.25) is 9.78 Å². The minimum absolute atomic E-state index is 0.104. The Hall–Kier alpha value is -2.27. The van der Waals surface area contributed by atoms with Crippen molar-refractivity contribution >= 4 is 17.5 Å². The SMILES string of the molecule is O=C(Cc1cc(Cl)c2c(c1)OCCO2)N(Cc1ccncc1)C1CC1. The Balaban J connectivity index is 1.51. The van der Waals surface area contributed by atoms with Gasteiger partial charge in [-0.25, -0.2) is 0 Å². The third kappa shape index (κ3) is 3.71. The van der Waals surface area contributed by atoms with Crippen molar-refractivity contribution in [3.8, 4) is 11.5 Å². The first kappa shape index (κ1) is 16.2. The third-order valence-corrected chi connectivity index (χ3v) is 4.70. The predicted molar refractivity (Wildman–Crippen MR) is 94.0 cm³/mol. The van der Waals surface area contributed by atoms with E-state index >= 15 is 0 Å². The number of ether oxygens (including phenoxy) is 2. The molecule has 25 heavy (non-hydrogen) atoms. The van der Waals surface area contributed by atoms with Crippen molar-refractivity contribution in [2.75, 3.05) is 13.2 Å². The summed E-state index contributed by atoms with van der Waals surface area (Å²) in [5.41, 5.74) is 1.94. The molecule has 0 spiro atoms. The van der Waals surface area contributed by atoms with Gasteiger partial charge in [0.2, 0.25) is 5.91 Å². The largest absolute Gasteiger partial charge is 0.486 e. The van der Waals surface area contributed by atoms with Gasteiger partial charge in [-0.2, -0.15) is 0 Å². The highest BCUT2D eigenvalue weighted by Crippen LogP contribution is 2.38. The molecule has 0 unspecified atom stereocenters. The maximum Gasteiger partial charge on any atom is 0.227 e. The standard InChI is InChI=1S/C19H19ClN2O3/c20-16-9-14(10-17-19(16)25-8-7-24-17)11-18(23)22(15-1-2-15)12-13-3-5-21-6-4-13/h3-6,9-10,15H,1-2,7-8,11-12H2. The molecule has 1 aromatic heterocycles. The number of hydrogen-bond acceptors (Lipinski definition) is 4. The fourth-order valence-corrected chi connectivity index (χ4v) is 3.32. The zero-order chi connectivity index (χ0) is 17.2. The highest BCUT2D eigenvalue weighted by molar-refractivity contribution is 6.32. The first-order valence-electron chi connectivity index (χ1n) is 8.47. The summed E-state index contributed by atoms with van der Waals surface area (Å²) in [4.78, 5) is 18.9. The van der Waals surface area contributed by atoms with E-state index in [0.29, 0.717) is 48.7 Å². The Bertz CT molecular complexity index is 778. The second kappa shape index (κ2) is 6.92. The van der Waals surface area contributed by atoms with Crippen LogP contribution in [0.4, 0.5) is 0 Å².